The van der Waals surface area contributed by atoms with Crippen LogP contribution >= 0.6 is 15.9 Å². The van der Waals surface area contributed by atoms with Crippen molar-refractivity contribution < 1.29 is 9.47 Å². The van der Waals surface area contributed by atoms with Crippen molar-refractivity contribution in [2.75, 3.05) is 7.11 Å². The van der Waals surface area contributed by atoms with E-state index in [2.05, 4.69) is 38.1 Å². The number of aromatic nitrogens is 1. The second-order valence-electron chi connectivity index (χ2n) is 6.81. The van der Waals surface area contributed by atoms with Gasteiger partial charge in [0.15, 0.2) is 0 Å². The molecule has 0 fully saturated rings. The zero-order chi connectivity index (χ0) is 19.1. The molecule has 3 aromatic rings. The van der Waals surface area contributed by atoms with Gasteiger partial charge in [0.25, 0.3) is 0 Å². The fourth-order valence-corrected chi connectivity index (χ4v) is 4.16. The van der Waals surface area contributed by atoms with Crippen LogP contribution in [0, 0.1) is 0 Å². The van der Waals surface area contributed by atoms with Crippen molar-refractivity contribution in [3.05, 3.63) is 88.2 Å². The van der Waals surface area contributed by atoms with Gasteiger partial charge in [-0.05, 0) is 42.5 Å². The van der Waals surface area contributed by atoms with Gasteiger partial charge in [0, 0.05) is 40.0 Å². The molecule has 0 spiro atoms. The summed E-state index contributed by atoms with van der Waals surface area (Å²) in [7, 11) is 1.68. The maximum atomic E-state index is 6.36. The molecule has 2 atom stereocenters. The molecular weight excluding hydrogens is 418 g/mol. The fourth-order valence-electron chi connectivity index (χ4n) is 3.78. The zero-order valence-corrected chi connectivity index (χ0v) is 16.8. The molecule has 0 saturated heterocycles. The molecule has 2 aliphatic heterocycles. The van der Waals surface area contributed by atoms with Crippen molar-refractivity contribution >= 4 is 21.6 Å². The zero-order valence-electron chi connectivity index (χ0n) is 15.2. The molecule has 0 saturated carbocycles. The molecule has 0 N–H and O–H groups in total. The first-order chi connectivity index (χ1) is 13.7. The van der Waals surface area contributed by atoms with Gasteiger partial charge in [0.05, 0.1) is 18.9 Å². The van der Waals surface area contributed by atoms with Gasteiger partial charge >= 0.3 is 0 Å². The minimum Gasteiger partial charge on any atom is -0.497 e. The normalized spacial score (nSPS) is 20.1. The number of halogens is 1. The van der Waals surface area contributed by atoms with Gasteiger partial charge in [0.1, 0.15) is 11.5 Å². The first-order valence-corrected chi connectivity index (χ1v) is 9.88. The summed E-state index contributed by atoms with van der Waals surface area (Å²) in [5.41, 5.74) is 4.27. The third kappa shape index (κ3) is 2.94. The summed E-state index contributed by atoms with van der Waals surface area (Å²) in [6.45, 7) is 0. The van der Waals surface area contributed by atoms with E-state index in [1.54, 1.807) is 19.5 Å². The van der Waals surface area contributed by atoms with Crippen LogP contribution in [0.1, 0.15) is 35.4 Å². The summed E-state index contributed by atoms with van der Waals surface area (Å²) in [5, 5.41) is 7.04. The van der Waals surface area contributed by atoms with Gasteiger partial charge in [-0.1, -0.05) is 28.1 Å². The van der Waals surface area contributed by atoms with E-state index in [1.807, 2.05) is 42.5 Å². The van der Waals surface area contributed by atoms with Crippen LogP contribution in [0.2, 0.25) is 0 Å². The SMILES string of the molecule is COc1cccc(C2=NN3[C@@H](C2)c2cc(Br)ccc2O[C@H]3c2ccncc2)c1. The molecule has 0 radical (unpaired) electrons. The van der Waals surface area contributed by atoms with Crippen molar-refractivity contribution in [1.82, 2.24) is 9.99 Å². The number of benzene rings is 2. The Morgan fingerprint density at radius 1 is 1.11 bits per heavy atom. The molecule has 1 aromatic heterocycles. The Labute approximate surface area is 171 Å². The topological polar surface area (TPSA) is 47.0 Å². The summed E-state index contributed by atoms with van der Waals surface area (Å²) in [4.78, 5) is 4.13. The lowest BCUT2D eigenvalue weighted by Crippen LogP contribution is -2.33. The van der Waals surface area contributed by atoms with Gasteiger partial charge in [-0.3, -0.25) is 4.98 Å². The molecule has 6 heteroatoms. The molecule has 28 heavy (non-hydrogen) atoms. The van der Waals surface area contributed by atoms with Crippen LogP contribution in [-0.4, -0.2) is 22.8 Å². The first kappa shape index (κ1) is 17.3. The largest absolute Gasteiger partial charge is 0.497 e. The smallest absolute Gasteiger partial charge is 0.213 e. The average molecular weight is 436 g/mol. The van der Waals surface area contributed by atoms with E-state index in [4.69, 9.17) is 14.6 Å². The third-order valence-electron chi connectivity index (χ3n) is 5.15. The lowest BCUT2D eigenvalue weighted by atomic mass is 9.96. The molecule has 5 rings (SSSR count). The third-order valence-corrected chi connectivity index (χ3v) is 5.64. The first-order valence-electron chi connectivity index (χ1n) is 9.09. The fraction of sp³-hybridized carbons (Fsp3) is 0.182. The van der Waals surface area contributed by atoms with Crippen LogP contribution in [0.5, 0.6) is 11.5 Å². The molecule has 0 amide bonds. The summed E-state index contributed by atoms with van der Waals surface area (Å²) >= 11 is 3.59. The van der Waals surface area contributed by atoms with E-state index in [1.165, 1.54) is 0 Å². The van der Waals surface area contributed by atoms with Crippen LogP contribution in [-0.2, 0) is 0 Å². The highest BCUT2D eigenvalue weighted by atomic mass is 79.9. The van der Waals surface area contributed by atoms with Gasteiger partial charge in [-0.25, -0.2) is 5.01 Å². The number of hydrogen-bond acceptors (Lipinski definition) is 5. The Morgan fingerprint density at radius 2 is 1.96 bits per heavy atom. The van der Waals surface area contributed by atoms with Crippen molar-refractivity contribution in [1.29, 1.82) is 0 Å². The summed E-state index contributed by atoms with van der Waals surface area (Å²) < 4.78 is 12.8. The Hall–Kier alpha value is -2.86. The van der Waals surface area contributed by atoms with E-state index in [0.29, 0.717) is 0 Å². The van der Waals surface area contributed by atoms with E-state index in [-0.39, 0.29) is 12.3 Å². The summed E-state index contributed by atoms with van der Waals surface area (Å²) in [5.74, 6) is 1.73. The summed E-state index contributed by atoms with van der Waals surface area (Å²) in [6.07, 6.45) is 4.09. The van der Waals surface area contributed by atoms with E-state index in [9.17, 15) is 0 Å². The van der Waals surface area contributed by atoms with Gasteiger partial charge in [-0.2, -0.15) is 5.10 Å². The molecular formula is C22H18BrN3O2. The lowest BCUT2D eigenvalue weighted by Gasteiger charge is -2.38. The van der Waals surface area contributed by atoms with E-state index in [0.717, 1.165) is 44.8 Å². The maximum Gasteiger partial charge on any atom is 0.213 e. The molecule has 3 heterocycles. The minimum atomic E-state index is -0.287. The molecule has 140 valence electrons. The number of nitrogens with zero attached hydrogens (tertiary/aromatic N) is 3. The van der Waals surface area contributed by atoms with Gasteiger partial charge < -0.3 is 9.47 Å². The lowest BCUT2D eigenvalue weighted by molar-refractivity contribution is -0.0191. The molecule has 2 aromatic carbocycles. The average Bonchev–Trinajstić information content (AvgIpc) is 3.20. The Morgan fingerprint density at radius 3 is 2.79 bits per heavy atom. The number of hydrogen-bond donors (Lipinski definition) is 0. The van der Waals surface area contributed by atoms with E-state index >= 15 is 0 Å². The number of pyridine rings is 1. The molecule has 0 bridgehead atoms. The molecule has 0 aliphatic carbocycles. The van der Waals surface area contributed by atoms with Crippen LogP contribution in [0.4, 0.5) is 0 Å². The summed E-state index contributed by atoms with van der Waals surface area (Å²) in [6, 6.07) is 18.3. The van der Waals surface area contributed by atoms with Crippen LogP contribution in [0.15, 0.2) is 76.6 Å². The van der Waals surface area contributed by atoms with Crippen molar-refractivity contribution in [2.24, 2.45) is 5.10 Å². The number of rotatable bonds is 3. The number of hydrazone groups is 1. The Bertz CT molecular complexity index is 1050. The molecule has 0 unspecified atom stereocenters. The van der Waals surface area contributed by atoms with Crippen molar-refractivity contribution in [3.8, 4) is 11.5 Å². The predicted molar refractivity (Wildman–Crippen MR) is 110 cm³/mol. The molecule has 5 nitrogen and oxygen atoms in total. The highest BCUT2D eigenvalue weighted by Gasteiger charge is 2.41. The predicted octanol–water partition coefficient (Wildman–Crippen LogP) is 5.10. The standard InChI is InChI=1S/C22H18BrN3O2/c1-27-17-4-2-3-15(11-17)19-13-20-18-12-16(23)5-6-21(18)28-22(26(20)25-19)14-7-9-24-10-8-14/h2-12,20,22H,13H2,1H3/t20-,22-/m0/s1. The quantitative estimate of drug-likeness (QED) is 0.574. The van der Waals surface area contributed by atoms with Gasteiger partial charge in [-0.15, -0.1) is 0 Å². The Balaban J connectivity index is 1.60. The van der Waals surface area contributed by atoms with Crippen LogP contribution in [0.3, 0.4) is 0 Å². The highest BCUT2D eigenvalue weighted by Crippen LogP contribution is 2.48. The van der Waals surface area contributed by atoms with Crippen LogP contribution < -0.4 is 9.47 Å². The number of methoxy groups -OCH3 is 1. The maximum absolute atomic E-state index is 6.36. The highest BCUT2D eigenvalue weighted by molar-refractivity contribution is 9.10. The van der Waals surface area contributed by atoms with E-state index < -0.39 is 0 Å². The minimum absolute atomic E-state index is 0.112. The Kier molecular flexibility index (Phi) is 4.28. The molecule has 2 aliphatic rings. The van der Waals surface area contributed by atoms with Crippen molar-refractivity contribution in [3.63, 3.8) is 0 Å². The number of fused-ring (bicyclic) bond motifs is 3. The second kappa shape index (κ2) is 6.95. The van der Waals surface area contributed by atoms with Crippen LogP contribution in [0.25, 0.3) is 0 Å². The van der Waals surface area contributed by atoms with Crippen molar-refractivity contribution in [2.45, 2.75) is 18.7 Å². The van der Waals surface area contributed by atoms with Gasteiger partial charge in [0.2, 0.25) is 6.23 Å². The monoisotopic (exact) mass is 435 g/mol. The second-order valence-corrected chi connectivity index (χ2v) is 7.73. The number of ether oxygens (including phenoxy) is 2.